The molecule has 1 saturated carbocycles. The number of para-hydroxylation sites is 2. The van der Waals surface area contributed by atoms with Gasteiger partial charge in [-0.25, -0.2) is 9.97 Å². The van der Waals surface area contributed by atoms with Gasteiger partial charge in [0.1, 0.15) is 12.3 Å². The summed E-state index contributed by atoms with van der Waals surface area (Å²) in [4.78, 5) is 17.0. The van der Waals surface area contributed by atoms with E-state index in [1.54, 1.807) is 12.1 Å². The zero-order chi connectivity index (χ0) is 21.0. The van der Waals surface area contributed by atoms with E-state index in [4.69, 9.17) is 10.5 Å². The van der Waals surface area contributed by atoms with Crippen molar-refractivity contribution in [2.45, 2.75) is 37.9 Å². The fourth-order valence-electron chi connectivity index (χ4n) is 3.80. The molecule has 3 N–H and O–H groups in total. The van der Waals surface area contributed by atoms with Crippen molar-refractivity contribution >= 4 is 34.5 Å². The lowest BCUT2D eigenvalue weighted by Crippen LogP contribution is -2.31. The highest BCUT2D eigenvalue weighted by molar-refractivity contribution is 5.94. The highest BCUT2D eigenvalue weighted by Gasteiger charge is 2.32. The predicted octanol–water partition coefficient (Wildman–Crippen LogP) is 4.55. The van der Waals surface area contributed by atoms with Crippen LogP contribution in [-0.4, -0.2) is 29.3 Å². The van der Waals surface area contributed by atoms with Gasteiger partial charge in [0.05, 0.1) is 27.8 Å². The Bertz CT molecular complexity index is 993. The summed E-state index contributed by atoms with van der Waals surface area (Å²) in [6.45, 7) is 2.58. The number of halogens is 3. The van der Waals surface area contributed by atoms with E-state index in [9.17, 15) is 13.2 Å². The number of carbonyl (C=O) groups is 1. The number of carbonyl (C=O) groups excluding carboxylic acids is 1. The Hall–Kier alpha value is -2.74. The summed E-state index contributed by atoms with van der Waals surface area (Å²) in [6.07, 6.45) is -0.447. The first-order valence-corrected chi connectivity index (χ1v) is 9.46. The number of nitrogens with one attached hydrogen (secondary N) is 1. The molecule has 0 bridgehead atoms. The lowest BCUT2D eigenvalue weighted by Gasteiger charge is -2.27. The second-order valence-corrected chi connectivity index (χ2v) is 7.28. The average Bonchev–Trinajstić information content (AvgIpc) is 2.71. The molecule has 2 atom stereocenters. The first-order valence-electron chi connectivity index (χ1n) is 9.46. The molecule has 1 aliphatic carbocycles. The summed E-state index contributed by atoms with van der Waals surface area (Å²) >= 11 is 0. The van der Waals surface area contributed by atoms with E-state index >= 15 is 0 Å². The van der Waals surface area contributed by atoms with Crippen LogP contribution in [0.2, 0.25) is 0 Å². The summed E-state index contributed by atoms with van der Waals surface area (Å²) in [5.74, 6) is 0.353. The number of alkyl halides is 3. The Labute approximate surface area is 166 Å². The van der Waals surface area contributed by atoms with E-state index in [0.717, 1.165) is 37.8 Å². The van der Waals surface area contributed by atoms with Crippen LogP contribution in [0.15, 0.2) is 36.4 Å². The van der Waals surface area contributed by atoms with Gasteiger partial charge in [-0.05, 0) is 49.4 Å². The van der Waals surface area contributed by atoms with Crippen LogP contribution in [-0.2, 0) is 11.0 Å². The Morgan fingerprint density at radius 1 is 1.07 bits per heavy atom. The molecule has 4 rings (SSSR count). The number of nitrogens with two attached hydrogens (primary N) is 1. The van der Waals surface area contributed by atoms with Crippen LogP contribution in [0.1, 0.15) is 31.2 Å². The number of hydrogen-bond donors (Lipinski definition) is 2. The molecular formula is C21H23F3N4O. The summed E-state index contributed by atoms with van der Waals surface area (Å²) < 4.78 is 40.1. The lowest BCUT2D eigenvalue weighted by molar-refractivity contribution is -0.137. The standard InChI is InChI=1S/C20H21F3N4.CH2O/c21-20(22,23)13-9-17(25-11-12-4-3-5-14(24)8-12)19-18(10-13)26-15-6-1-2-7-16(15)27-19;1-2/h1-2,6-7,9-10,12,14,25H,3-5,8,11,24H2;1H2. The molecule has 3 aromatic rings. The predicted molar refractivity (Wildman–Crippen MR) is 108 cm³/mol. The maximum Gasteiger partial charge on any atom is 0.416 e. The van der Waals surface area contributed by atoms with Crippen molar-refractivity contribution in [3.63, 3.8) is 0 Å². The number of nitrogens with zero attached hydrogens (tertiary/aromatic N) is 2. The van der Waals surface area contributed by atoms with Crippen LogP contribution in [0, 0.1) is 5.92 Å². The first-order chi connectivity index (χ1) is 13.9. The van der Waals surface area contributed by atoms with E-state index < -0.39 is 11.7 Å². The largest absolute Gasteiger partial charge is 0.416 e. The van der Waals surface area contributed by atoms with Gasteiger partial charge in [0, 0.05) is 12.6 Å². The van der Waals surface area contributed by atoms with Crippen molar-refractivity contribution in [3.05, 3.63) is 42.0 Å². The highest BCUT2D eigenvalue weighted by atomic mass is 19.4. The highest BCUT2D eigenvalue weighted by Crippen LogP contribution is 2.35. The van der Waals surface area contributed by atoms with Gasteiger partial charge >= 0.3 is 6.18 Å². The Kier molecular flexibility index (Phi) is 6.32. The van der Waals surface area contributed by atoms with E-state index in [1.165, 1.54) is 0 Å². The van der Waals surface area contributed by atoms with Crippen LogP contribution in [0.3, 0.4) is 0 Å². The molecule has 1 heterocycles. The zero-order valence-corrected chi connectivity index (χ0v) is 15.9. The van der Waals surface area contributed by atoms with Crippen molar-refractivity contribution in [1.29, 1.82) is 0 Å². The molecule has 1 aliphatic rings. The van der Waals surface area contributed by atoms with Crippen molar-refractivity contribution in [2.75, 3.05) is 11.9 Å². The fraction of sp³-hybridized carbons (Fsp3) is 0.381. The molecule has 0 saturated heterocycles. The number of hydrogen-bond acceptors (Lipinski definition) is 5. The van der Waals surface area contributed by atoms with E-state index in [1.807, 2.05) is 18.9 Å². The molecule has 2 aromatic carbocycles. The Morgan fingerprint density at radius 3 is 2.41 bits per heavy atom. The average molecular weight is 404 g/mol. The third kappa shape index (κ3) is 4.82. The van der Waals surface area contributed by atoms with Crippen LogP contribution < -0.4 is 11.1 Å². The second kappa shape index (κ2) is 8.73. The molecule has 8 heteroatoms. The molecular weight excluding hydrogens is 381 g/mol. The lowest BCUT2D eigenvalue weighted by atomic mass is 9.86. The molecule has 5 nitrogen and oxygen atoms in total. The fourth-order valence-corrected chi connectivity index (χ4v) is 3.80. The van der Waals surface area contributed by atoms with E-state index in [2.05, 4.69) is 15.3 Å². The van der Waals surface area contributed by atoms with Gasteiger partial charge in [0.15, 0.2) is 0 Å². The summed E-state index contributed by atoms with van der Waals surface area (Å²) in [5.41, 5.74) is 7.62. The van der Waals surface area contributed by atoms with Gasteiger partial charge in [-0.2, -0.15) is 13.2 Å². The monoisotopic (exact) mass is 404 g/mol. The molecule has 0 amide bonds. The maximum atomic E-state index is 13.4. The van der Waals surface area contributed by atoms with Crippen molar-refractivity contribution in [3.8, 4) is 0 Å². The normalized spacial score (nSPS) is 19.6. The quantitative estimate of drug-likeness (QED) is 0.626. The summed E-state index contributed by atoms with van der Waals surface area (Å²) in [5, 5.41) is 3.20. The number of anilines is 1. The van der Waals surface area contributed by atoms with E-state index in [-0.39, 0.29) is 11.6 Å². The molecule has 2 unspecified atom stereocenters. The minimum atomic E-state index is -4.44. The van der Waals surface area contributed by atoms with Gasteiger partial charge in [0.25, 0.3) is 0 Å². The summed E-state index contributed by atoms with van der Waals surface area (Å²) in [6, 6.07) is 9.56. The molecule has 0 aliphatic heterocycles. The second-order valence-electron chi connectivity index (χ2n) is 7.28. The molecule has 0 spiro atoms. The van der Waals surface area contributed by atoms with Crippen LogP contribution in [0.25, 0.3) is 22.1 Å². The maximum absolute atomic E-state index is 13.4. The van der Waals surface area contributed by atoms with Crippen LogP contribution in [0.5, 0.6) is 0 Å². The Morgan fingerprint density at radius 2 is 1.76 bits per heavy atom. The van der Waals surface area contributed by atoms with Gasteiger partial charge in [0.2, 0.25) is 0 Å². The van der Waals surface area contributed by atoms with Crippen molar-refractivity contribution in [1.82, 2.24) is 9.97 Å². The van der Waals surface area contributed by atoms with Gasteiger partial charge in [-0.15, -0.1) is 0 Å². The first kappa shape index (κ1) is 21.0. The van der Waals surface area contributed by atoms with Crippen LogP contribution >= 0.6 is 0 Å². The number of benzene rings is 2. The number of aromatic nitrogens is 2. The number of fused-ring (bicyclic) bond motifs is 2. The van der Waals surface area contributed by atoms with Gasteiger partial charge in [-0.3, -0.25) is 0 Å². The third-order valence-corrected chi connectivity index (χ3v) is 5.18. The van der Waals surface area contributed by atoms with Gasteiger partial charge < -0.3 is 15.8 Å². The number of rotatable bonds is 3. The van der Waals surface area contributed by atoms with E-state index in [0.29, 0.717) is 34.7 Å². The topological polar surface area (TPSA) is 80.9 Å². The SMILES string of the molecule is C=O.NC1CCCC(CNc2cc(C(F)(F)F)cc3nc4ccccc4nc23)C1. The summed E-state index contributed by atoms with van der Waals surface area (Å²) in [7, 11) is 0. The minimum Gasteiger partial charge on any atom is -0.383 e. The third-order valence-electron chi connectivity index (χ3n) is 5.18. The van der Waals surface area contributed by atoms with Gasteiger partial charge in [-0.1, -0.05) is 18.6 Å². The smallest absolute Gasteiger partial charge is 0.383 e. The van der Waals surface area contributed by atoms with Crippen molar-refractivity contribution < 1.29 is 18.0 Å². The minimum absolute atomic E-state index is 0.174. The zero-order valence-electron chi connectivity index (χ0n) is 15.9. The molecule has 1 fully saturated rings. The molecule has 154 valence electrons. The Balaban J connectivity index is 0.00000117. The molecule has 29 heavy (non-hydrogen) atoms. The van der Waals surface area contributed by atoms with Crippen molar-refractivity contribution in [2.24, 2.45) is 11.7 Å². The molecule has 0 radical (unpaired) electrons. The van der Waals surface area contributed by atoms with Crippen LogP contribution in [0.4, 0.5) is 18.9 Å². The molecule has 1 aromatic heterocycles.